The fourth-order valence-corrected chi connectivity index (χ4v) is 2.84. The smallest absolute Gasteiger partial charge is 0.251 e. The van der Waals surface area contributed by atoms with Gasteiger partial charge in [-0.3, -0.25) is 4.79 Å². The topological polar surface area (TPSA) is 56.1 Å². The molecule has 0 saturated heterocycles. The lowest BCUT2D eigenvalue weighted by Crippen LogP contribution is -2.26. The fraction of sp³-hybridized carbons (Fsp3) is 0.238. The second kappa shape index (κ2) is 8.34. The Morgan fingerprint density at radius 2 is 2.00 bits per heavy atom. The molecule has 0 aliphatic carbocycles. The minimum absolute atomic E-state index is 0.107. The molecule has 3 rings (SSSR count). The molecule has 134 valence electrons. The number of rotatable bonds is 7. The Bertz CT molecular complexity index is 872. The van der Waals surface area contributed by atoms with Gasteiger partial charge in [-0.2, -0.15) is 0 Å². The number of ether oxygens (including phenoxy) is 1. The largest absolute Gasteiger partial charge is 0.496 e. The maximum absolute atomic E-state index is 12.3. The number of aryl methyl sites for hydroxylation is 1. The molecule has 1 aromatic heterocycles. The third-order valence-electron chi connectivity index (χ3n) is 4.30. The molecule has 1 amide bonds. The molecule has 0 bridgehead atoms. The summed E-state index contributed by atoms with van der Waals surface area (Å²) in [4.78, 5) is 16.7. The number of carbonyl (C=O) groups excluding carboxylic acids is 1. The Hall–Kier alpha value is -3.08. The summed E-state index contributed by atoms with van der Waals surface area (Å²) in [6.45, 7) is 3.26. The number of imidazole rings is 1. The average Bonchev–Trinajstić information content (AvgIpc) is 3.10. The molecule has 0 atom stereocenters. The zero-order valence-electron chi connectivity index (χ0n) is 15.1. The van der Waals surface area contributed by atoms with Crippen molar-refractivity contribution < 1.29 is 9.53 Å². The van der Waals surface area contributed by atoms with Gasteiger partial charge >= 0.3 is 0 Å². The Labute approximate surface area is 153 Å². The van der Waals surface area contributed by atoms with Gasteiger partial charge in [0.05, 0.1) is 7.11 Å². The number of hydrogen-bond acceptors (Lipinski definition) is 3. The number of hydrogen-bond donors (Lipinski definition) is 1. The summed E-state index contributed by atoms with van der Waals surface area (Å²) >= 11 is 0. The van der Waals surface area contributed by atoms with Crippen molar-refractivity contribution in [3.63, 3.8) is 0 Å². The molecule has 0 aliphatic rings. The standard InChI is InChI=1S/C21H23N3O2/c1-16-8-9-18(14-19(16)26-2)21(25)23-11-10-20-22-12-13-24(20)15-17-6-4-3-5-7-17/h3-9,12-14H,10-11,15H2,1-2H3,(H,23,25). The van der Waals surface area contributed by atoms with Gasteiger partial charge in [0.2, 0.25) is 0 Å². The van der Waals surface area contributed by atoms with Gasteiger partial charge in [0, 0.05) is 37.5 Å². The van der Waals surface area contributed by atoms with Gasteiger partial charge in [-0.1, -0.05) is 36.4 Å². The summed E-state index contributed by atoms with van der Waals surface area (Å²) in [5, 5.41) is 2.95. The first kappa shape index (κ1) is 17.7. The van der Waals surface area contributed by atoms with Crippen molar-refractivity contribution >= 4 is 5.91 Å². The third-order valence-corrected chi connectivity index (χ3v) is 4.30. The normalized spacial score (nSPS) is 10.5. The van der Waals surface area contributed by atoms with Gasteiger partial charge in [-0.15, -0.1) is 0 Å². The zero-order chi connectivity index (χ0) is 18.4. The van der Waals surface area contributed by atoms with Crippen molar-refractivity contribution in [3.8, 4) is 5.75 Å². The number of amides is 1. The first-order chi connectivity index (χ1) is 12.7. The molecule has 5 nitrogen and oxygen atoms in total. The predicted octanol–water partition coefficient (Wildman–Crippen LogP) is 3.22. The van der Waals surface area contributed by atoms with Crippen LogP contribution in [-0.4, -0.2) is 29.1 Å². The van der Waals surface area contributed by atoms with Crippen molar-refractivity contribution in [2.75, 3.05) is 13.7 Å². The number of nitrogens with zero attached hydrogens (tertiary/aromatic N) is 2. The minimum Gasteiger partial charge on any atom is -0.496 e. The Kier molecular flexibility index (Phi) is 5.69. The lowest BCUT2D eigenvalue weighted by atomic mass is 10.1. The molecule has 0 unspecified atom stereocenters. The number of carbonyl (C=O) groups is 1. The maximum atomic E-state index is 12.3. The summed E-state index contributed by atoms with van der Waals surface area (Å²) in [6, 6.07) is 15.7. The number of benzene rings is 2. The molecule has 0 aliphatic heterocycles. The van der Waals surface area contributed by atoms with Crippen LogP contribution >= 0.6 is 0 Å². The summed E-state index contributed by atoms with van der Waals surface area (Å²) in [6.07, 6.45) is 4.44. The Morgan fingerprint density at radius 3 is 2.77 bits per heavy atom. The van der Waals surface area contributed by atoms with E-state index in [-0.39, 0.29) is 5.91 Å². The lowest BCUT2D eigenvalue weighted by molar-refractivity contribution is 0.0953. The monoisotopic (exact) mass is 349 g/mol. The number of methoxy groups -OCH3 is 1. The molecular weight excluding hydrogens is 326 g/mol. The molecule has 5 heteroatoms. The SMILES string of the molecule is COc1cc(C(=O)NCCc2nccn2Cc2ccccc2)ccc1C. The van der Waals surface area contributed by atoms with Gasteiger partial charge in [0.1, 0.15) is 11.6 Å². The van der Waals surface area contributed by atoms with Crippen LogP contribution in [0.5, 0.6) is 5.75 Å². The highest BCUT2D eigenvalue weighted by Crippen LogP contribution is 2.18. The minimum atomic E-state index is -0.107. The molecule has 0 fully saturated rings. The molecule has 0 radical (unpaired) electrons. The van der Waals surface area contributed by atoms with Crippen LogP contribution in [0, 0.1) is 6.92 Å². The van der Waals surface area contributed by atoms with E-state index in [0.29, 0.717) is 18.5 Å². The van der Waals surface area contributed by atoms with Crippen molar-refractivity contribution in [1.82, 2.24) is 14.9 Å². The van der Waals surface area contributed by atoms with E-state index in [1.54, 1.807) is 19.4 Å². The number of nitrogens with one attached hydrogen (secondary N) is 1. The fourth-order valence-electron chi connectivity index (χ4n) is 2.84. The van der Waals surface area contributed by atoms with Crippen LogP contribution in [0.3, 0.4) is 0 Å². The van der Waals surface area contributed by atoms with Gasteiger partial charge in [0.15, 0.2) is 0 Å². The van der Waals surface area contributed by atoms with E-state index >= 15 is 0 Å². The van der Waals surface area contributed by atoms with Gasteiger partial charge in [0.25, 0.3) is 5.91 Å². The van der Waals surface area contributed by atoms with Crippen LogP contribution in [0.4, 0.5) is 0 Å². The second-order valence-electron chi connectivity index (χ2n) is 6.15. The Morgan fingerprint density at radius 1 is 1.19 bits per heavy atom. The first-order valence-electron chi connectivity index (χ1n) is 8.64. The highest BCUT2D eigenvalue weighted by molar-refractivity contribution is 5.94. The van der Waals surface area contributed by atoms with Crippen molar-refractivity contribution in [3.05, 3.63) is 83.4 Å². The van der Waals surface area contributed by atoms with Crippen LogP contribution in [0.15, 0.2) is 60.9 Å². The van der Waals surface area contributed by atoms with Crippen LogP contribution in [-0.2, 0) is 13.0 Å². The van der Waals surface area contributed by atoms with Gasteiger partial charge in [-0.25, -0.2) is 4.98 Å². The molecule has 1 heterocycles. The van der Waals surface area contributed by atoms with Gasteiger partial charge in [-0.05, 0) is 30.2 Å². The van der Waals surface area contributed by atoms with E-state index in [0.717, 1.165) is 23.7 Å². The van der Waals surface area contributed by atoms with Crippen LogP contribution in [0.25, 0.3) is 0 Å². The summed E-state index contributed by atoms with van der Waals surface area (Å²) in [7, 11) is 1.61. The van der Waals surface area contributed by atoms with Crippen LogP contribution in [0.1, 0.15) is 27.3 Å². The highest BCUT2D eigenvalue weighted by atomic mass is 16.5. The van der Waals surface area contributed by atoms with Crippen LogP contribution < -0.4 is 10.1 Å². The zero-order valence-corrected chi connectivity index (χ0v) is 15.1. The van der Waals surface area contributed by atoms with E-state index in [1.165, 1.54) is 5.56 Å². The van der Waals surface area contributed by atoms with E-state index < -0.39 is 0 Å². The van der Waals surface area contributed by atoms with Gasteiger partial charge < -0.3 is 14.6 Å². The second-order valence-corrected chi connectivity index (χ2v) is 6.15. The van der Waals surface area contributed by atoms with E-state index in [9.17, 15) is 4.79 Å². The third kappa shape index (κ3) is 4.30. The average molecular weight is 349 g/mol. The molecule has 0 spiro atoms. The van der Waals surface area contributed by atoms with Crippen LogP contribution in [0.2, 0.25) is 0 Å². The molecule has 2 aromatic carbocycles. The highest BCUT2D eigenvalue weighted by Gasteiger charge is 2.09. The van der Waals surface area contributed by atoms with E-state index in [2.05, 4.69) is 27.0 Å². The van der Waals surface area contributed by atoms with E-state index in [1.807, 2.05) is 43.5 Å². The van der Waals surface area contributed by atoms with E-state index in [4.69, 9.17) is 4.74 Å². The lowest BCUT2D eigenvalue weighted by Gasteiger charge is -2.10. The quantitative estimate of drug-likeness (QED) is 0.712. The Balaban J connectivity index is 1.57. The summed E-state index contributed by atoms with van der Waals surface area (Å²) in [5.41, 5.74) is 2.83. The van der Waals surface area contributed by atoms with Crippen molar-refractivity contribution in [2.45, 2.75) is 19.9 Å². The van der Waals surface area contributed by atoms with Crippen molar-refractivity contribution in [1.29, 1.82) is 0 Å². The summed E-state index contributed by atoms with van der Waals surface area (Å²) < 4.78 is 7.39. The maximum Gasteiger partial charge on any atom is 0.251 e. The molecule has 3 aromatic rings. The molecule has 1 N–H and O–H groups in total. The predicted molar refractivity (Wildman–Crippen MR) is 102 cm³/mol. The molecule has 0 saturated carbocycles. The molecular formula is C21H23N3O2. The first-order valence-corrected chi connectivity index (χ1v) is 8.64. The van der Waals surface area contributed by atoms with Crippen molar-refractivity contribution in [2.24, 2.45) is 0 Å². The summed E-state index contributed by atoms with van der Waals surface area (Å²) in [5.74, 6) is 1.57. The number of aromatic nitrogens is 2. The molecule has 26 heavy (non-hydrogen) atoms.